The Morgan fingerprint density at radius 3 is 2.36 bits per heavy atom. The zero-order valence-corrected chi connectivity index (χ0v) is 7.26. The van der Waals surface area contributed by atoms with Gasteiger partial charge in [0.15, 0.2) is 0 Å². The maximum absolute atomic E-state index is 10.5. The summed E-state index contributed by atoms with van der Waals surface area (Å²) in [6.45, 7) is 5.58. The van der Waals surface area contributed by atoms with Gasteiger partial charge in [0.25, 0.3) is 0 Å². The molecule has 0 saturated carbocycles. The molecule has 0 aromatic carbocycles. The van der Waals surface area contributed by atoms with Crippen LogP contribution in [0.1, 0.15) is 20.8 Å². The number of hydrogen-bond donors (Lipinski definition) is 2. The van der Waals surface area contributed by atoms with Gasteiger partial charge in [0, 0.05) is 5.54 Å². The van der Waals surface area contributed by atoms with Gasteiger partial charge >= 0.3 is 0 Å². The standard InChI is InChI=1S/C7H16N2O2/c1-5(6(8)10)11-4-7(2,3)9/h5H,4,9H2,1-3H3,(H2,8,10). The summed E-state index contributed by atoms with van der Waals surface area (Å²) in [5, 5.41) is 0. The first-order valence-corrected chi connectivity index (χ1v) is 3.53. The summed E-state index contributed by atoms with van der Waals surface area (Å²) >= 11 is 0. The van der Waals surface area contributed by atoms with Crippen LogP contribution in [0.25, 0.3) is 0 Å². The second kappa shape index (κ2) is 3.69. The summed E-state index contributed by atoms with van der Waals surface area (Å²) in [4.78, 5) is 10.5. The molecule has 4 N–H and O–H groups in total. The number of amides is 1. The molecular formula is C7H16N2O2. The summed E-state index contributed by atoms with van der Waals surface area (Å²) in [6.07, 6.45) is -0.558. The molecule has 0 aromatic rings. The van der Waals surface area contributed by atoms with E-state index in [9.17, 15) is 4.79 Å². The summed E-state index contributed by atoms with van der Waals surface area (Å²) in [5.74, 6) is -0.464. The minimum Gasteiger partial charge on any atom is -0.367 e. The molecule has 4 nitrogen and oxygen atoms in total. The van der Waals surface area contributed by atoms with Crippen molar-refractivity contribution in [1.82, 2.24) is 0 Å². The predicted molar refractivity (Wildman–Crippen MR) is 42.9 cm³/mol. The minimum absolute atomic E-state index is 0.330. The van der Waals surface area contributed by atoms with Crippen molar-refractivity contribution in [1.29, 1.82) is 0 Å². The van der Waals surface area contributed by atoms with Gasteiger partial charge in [0.05, 0.1) is 6.61 Å². The number of ether oxygens (including phenoxy) is 1. The third-order valence-corrected chi connectivity index (χ3v) is 1.11. The molecule has 0 aromatic heterocycles. The van der Waals surface area contributed by atoms with Gasteiger partial charge in [-0.05, 0) is 20.8 Å². The molecule has 0 saturated heterocycles. The highest BCUT2D eigenvalue weighted by Crippen LogP contribution is 1.99. The first-order valence-electron chi connectivity index (χ1n) is 3.53. The summed E-state index contributed by atoms with van der Waals surface area (Å²) in [5.41, 5.74) is 10.2. The van der Waals surface area contributed by atoms with Gasteiger partial charge in [-0.1, -0.05) is 0 Å². The van der Waals surface area contributed by atoms with Gasteiger partial charge in [-0.25, -0.2) is 0 Å². The van der Waals surface area contributed by atoms with Crippen molar-refractivity contribution >= 4 is 5.91 Å². The van der Waals surface area contributed by atoms with E-state index in [1.807, 2.05) is 13.8 Å². The van der Waals surface area contributed by atoms with Crippen molar-refractivity contribution in [2.24, 2.45) is 11.5 Å². The molecule has 1 unspecified atom stereocenters. The lowest BCUT2D eigenvalue weighted by Gasteiger charge is -2.20. The van der Waals surface area contributed by atoms with E-state index in [0.29, 0.717) is 6.61 Å². The predicted octanol–water partition coefficient (Wildman–Crippen LogP) is -0.386. The highest BCUT2D eigenvalue weighted by Gasteiger charge is 2.15. The van der Waals surface area contributed by atoms with Gasteiger partial charge in [-0.2, -0.15) is 0 Å². The van der Waals surface area contributed by atoms with Gasteiger partial charge in [-0.3, -0.25) is 4.79 Å². The summed E-state index contributed by atoms with van der Waals surface area (Å²) < 4.78 is 5.07. The lowest BCUT2D eigenvalue weighted by molar-refractivity contribution is -0.129. The van der Waals surface area contributed by atoms with Gasteiger partial charge in [-0.15, -0.1) is 0 Å². The molecule has 66 valence electrons. The Hall–Kier alpha value is -0.610. The fourth-order valence-corrected chi connectivity index (χ4v) is 0.422. The number of carbonyl (C=O) groups is 1. The Kier molecular flexibility index (Phi) is 3.48. The van der Waals surface area contributed by atoms with E-state index in [4.69, 9.17) is 16.2 Å². The minimum atomic E-state index is -0.558. The zero-order valence-electron chi connectivity index (χ0n) is 7.26. The Bertz CT molecular complexity index is 140. The second-order valence-electron chi connectivity index (χ2n) is 3.34. The van der Waals surface area contributed by atoms with Crippen LogP contribution in [0, 0.1) is 0 Å². The van der Waals surface area contributed by atoms with Crippen LogP contribution in [0.4, 0.5) is 0 Å². The summed E-state index contributed by atoms with van der Waals surface area (Å²) in [7, 11) is 0. The van der Waals surface area contributed by atoms with E-state index in [1.54, 1.807) is 6.92 Å². The van der Waals surface area contributed by atoms with Crippen molar-refractivity contribution in [2.75, 3.05) is 6.61 Å². The average molecular weight is 160 g/mol. The van der Waals surface area contributed by atoms with Gasteiger partial charge in [0.1, 0.15) is 6.10 Å². The number of nitrogens with two attached hydrogens (primary N) is 2. The average Bonchev–Trinajstić information content (AvgIpc) is 1.80. The van der Waals surface area contributed by atoms with Crippen LogP contribution in [0.5, 0.6) is 0 Å². The van der Waals surface area contributed by atoms with E-state index < -0.39 is 17.6 Å². The largest absolute Gasteiger partial charge is 0.367 e. The van der Waals surface area contributed by atoms with Crippen LogP contribution in [0.2, 0.25) is 0 Å². The van der Waals surface area contributed by atoms with Crippen LogP contribution in [0.3, 0.4) is 0 Å². The van der Waals surface area contributed by atoms with Crippen LogP contribution in [-0.4, -0.2) is 24.2 Å². The Balaban J connectivity index is 3.63. The van der Waals surface area contributed by atoms with Gasteiger partial charge in [0.2, 0.25) is 5.91 Å². The van der Waals surface area contributed by atoms with Gasteiger partial charge < -0.3 is 16.2 Å². The zero-order chi connectivity index (χ0) is 9.07. The quantitative estimate of drug-likeness (QED) is 0.588. The fourth-order valence-electron chi connectivity index (χ4n) is 0.422. The molecule has 0 fully saturated rings. The van der Waals surface area contributed by atoms with E-state index in [-0.39, 0.29) is 0 Å². The number of hydrogen-bond acceptors (Lipinski definition) is 3. The molecule has 0 spiro atoms. The maximum Gasteiger partial charge on any atom is 0.246 e. The van der Waals surface area contributed by atoms with Crippen LogP contribution in [-0.2, 0) is 9.53 Å². The molecule has 4 heteroatoms. The maximum atomic E-state index is 10.5. The van der Waals surface area contributed by atoms with Crippen LogP contribution in [0.15, 0.2) is 0 Å². The highest BCUT2D eigenvalue weighted by molar-refractivity contribution is 5.78. The molecule has 0 heterocycles. The SMILES string of the molecule is CC(OCC(C)(C)N)C(N)=O. The Morgan fingerprint density at radius 1 is 1.64 bits per heavy atom. The molecule has 0 bridgehead atoms. The first-order chi connectivity index (χ1) is 4.83. The third-order valence-electron chi connectivity index (χ3n) is 1.11. The summed E-state index contributed by atoms with van der Waals surface area (Å²) in [6, 6.07) is 0. The topological polar surface area (TPSA) is 78.3 Å². The second-order valence-corrected chi connectivity index (χ2v) is 3.34. The normalized spacial score (nSPS) is 14.5. The molecule has 1 atom stereocenters. The van der Waals surface area contributed by atoms with Crippen LogP contribution < -0.4 is 11.5 Å². The lowest BCUT2D eigenvalue weighted by Crippen LogP contribution is -2.41. The number of rotatable bonds is 4. The molecule has 11 heavy (non-hydrogen) atoms. The molecule has 0 aliphatic rings. The number of carbonyl (C=O) groups excluding carboxylic acids is 1. The highest BCUT2D eigenvalue weighted by atomic mass is 16.5. The molecule has 0 rings (SSSR count). The number of primary amides is 1. The fraction of sp³-hybridized carbons (Fsp3) is 0.857. The van der Waals surface area contributed by atoms with Crippen molar-refractivity contribution in [3.05, 3.63) is 0 Å². The van der Waals surface area contributed by atoms with E-state index in [2.05, 4.69) is 0 Å². The van der Waals surface area contributed by atoms with Crippen LogP contribution >= 0.6 is 0 Å². The lowest BCUT2D eigenvalue weighted by atomic mass is 10.1. The first kappa shape index (κ1) is 10.4. The van der Waals surface area contributed by atoms with E-state index in [0.717, 1.165) is 0 Å². The third kappa shape index (κ3) is 5.82. The molecule has 0 aliphatic carbocycles. The van der Waals surface area contributed by atoms with E-state index >= 15 is 0 Å². The molecular weight excluding hydrogens is 144 g/mol. The van der Waals surface area contributed by atoms with Crippen molar-refractivity contribution in [3.63, 3.8) is 0 Å². The Morgan fingerprint density at radius 2 is 2.09 bits per heavy atom. The van der Waals surface area contributed by atoms with Crippen molar-refractivity contribution < 1.29 is 9.53 Å². The molecule has 0 aliphatic heterocycles. The molecule has 0 radical (unpaired) electrons. The van der Waals surface area contributed by atoms with Crippen molar-refractivity contribution in [2.45, 2.75) is 32.4 Å². The van der Waals surface area contributed by atoms with Crippen molar-refractivity contribution in [3.8, 4) is 0 Å². The monoisotopic (exact) mass is 160 g/mol. The molecule has 1 amide bonds. The Labute approximate surface area is 66.9 Å². The smallest absolute Gasteiger partial charge is 0.246 e. The van der Waals surface area contributed by atoms with E-state index in [1.165, 1.54) is 0 Å².